The van der Waals surface area contributed by atoms with E-state index in [0.717, 1.165) is 25.2 Å². The summed E-state index contributed by atoms with van der Waals surface area (Å²) in [4.78, 5) is 11.9. The van der Waals surface area contributed by atoms with Crippen molar-refractivity contribution in [3.8, 4) is 0 Å². The lowest BCUT2D eigenvalue weighted by atomic mass is 9.69. The summed E-state index contributed by atoms with van der Waals surface area (Å²) in [5, 5.41) is 0. The predicted octanol–water partition coefficient (Wildman–Crippen LogP) is 4.72. The number of carbonyl (C=O) groups excluding carboxylic acids is 1. The van der Waals surface area contributed by atoms with E-state index in [-0.39, 0.29) is 5.41 Å². The largest absolute Gasteiger partial charge is 0.287 e. The maximum atomic E-state index is 11.9. The zero-order valence-electron chi connectivity index (χ0n) is 10.0. The second-order valence-electron chi connectivity index (χ2n) is 5.00. The van der Waals surface area contributed by atoms with Gasteiger partial charge in [-0.1, -0.05) is 46.0 Å². The Balaban J connectivity index is 2.67. The van der Waals surface area contributed by atoms with Gasteiger partial charge in [0.05, 0.1) is 0 Å². The SMILES string of the molecule is CCC(CC)CC1(C(=O)I)CCCCC1. The third-order valence-electron chi connectivity index (χ3n) is 4.06. The fraction of sp³-hybridized carbons (Fsp3) is 0.923. The molecule has 2 heteroatoms. The molecule has 15 heavy (non-hydrogen) atoms. The van der Waals surface area contributed by atoms with Crippen LogP contribution in [0.5, 0.6) is 0 Å². The summed E-state index contributed by atoms with van der Waals surface area (Å²) in [5.74, 6) is 0.752. The van der Waals surface area contributed by atoms with Gasteiger partial charge in [0.25, 0.3) is 0 Å². The fourth-order valence-electron chi connectivity index (χ4n) is 2.84. The summed E-state index contributed by atoms with van der Waals surface area (Å²) in [6, 6.07) is 0. The minimum Gasteiger partial charge on any atom is -0.287 e. The van der Waals surface area contributed by atoms with Crippen molar-refractivity contribution < 1.29 is 4.79 Å². The number of halogens is 1. The first-order valence-corrected chi connectivity index (χ1v) is 7.42. The molecule has 1 fully saturated rings. The minimum atomic E-state index is 0.0511. The van der Waals surface area contributed by atoms with E-state index in [1.54, 1.807) is 0 Å². The Morgan fingerprint density at radius 2 is 1.73 bits per heavy atom. The highest BCUT2D eigenvalue weighted by Crippen LogP contribution is 2.44. The van der Waals surface area contributed by atoms with Crippen LogP contribution in [0.25, 0.3) is 0 Å². The number of hydrogen-bond donors (Lipinski definition) is 0. The minimum absolute atomic E-state index is 0.0511. The standard InChI is InChI=1S/C13H23IO/c1-3-11(4-2)10-13(12(14)15)8-6-5-7-9-13/h11H,3-10H2,1-2H3. The van der Waals surface area contributed by atoms with Crippen LogP contribution in [0.1, 0.15) is 65.2 Å². The van der Waals surface area contributed by atoms with Crippen molar-refractivity contribution in [2.45, 2.75) is 65.2 Å². The molecular weight excluding hydrogens is 299 g/mol. The monoisotopic (exact) mass is 322 g/mol. The molecule has 0 aromatic heterocycles. The van der Waals surface area contributed by atoms with E-state index in [2.05, 4.69) is 13.8 Å². The van der Waals surface area contributed by atoms with Crippen molar-refractivity contribution in [1.82, 2.24) is 0 Å². The number of carbonyl (C=O) groups is 1. The topological polar surface area (TPSA) is 17.1 Å². The van der Waals surface area contributed by atoms with Crippen LogP contribution in [-0.4, -0.2) is 3.79 Å². The predicted molar refractivity (Wildman–Crippen MR) is 73.2 cm³/mol. The Morgan fingerprint density at radius 3 is 2.13 bits per heavy atom. The second-order valence-corrected chi connectivity index (χ2v) is 5.98. The molecule has 0 saturated heterocycles. The van der Waals surface area contributed by atoms with Crippen molar-refractivity contribution in [1.29, 1.82) is 0 Å². The van der Waals surface area contributed by atoms with E-state index in [1.165, 1.54) is 32.1 Å². The van der Waals surface area contributed by atoms with Crippen LogP contribution in [0.3, 0.4) is 0 Å². The Bertz CT molecular complexity index is 203. The van der Waals surface area contributed by atoms with E-state index in [1.807, 2.05) is 22.6 Å². The van der Waals surface area contributed by atoms with Gasteiger partial charge in [-0.2, -0.15) is 0 Å². The third kappa shape index (κ3) is 3.43. The molecule has 0 aliphatic heterocycles. The lowest BCUT2D eigenvalue weighted by Gasteiger charge is -2.36. The molecule has 1 nitrogen and oxygen atoms in total. The molecule has 0 aromatic carbocycles. The van der Waals surface area contributed by atoms with E-state index in [4.69, 9.17) is 0 Å². The molecule has 0 N–H and O–H groups in total. The van der Waals surface area contributed by atoms with E-state index < -0.39 is 0 Å². The number of rotatable bonds is 5. The van der Waals surface area contributed by atoms with Crippen LogP contribution in [0, 0.1) is 11.3 Å². The third-order valence-corrected chi connectivity index (χ3v) is 5.21. The van der Waals surface area contributed by atoms with Crippen molar-refractivity contribution in [2.75, 3.05) is 0 Å². The molecule has 0 bridgehead atoms. The Morgan fingerprint density at radius 1 is 1.20 bits per heavy atom. The maximum absolute atomic E-state index is 11.9. The summed E-state index contributed by atoms with van der Waals surface area (Å²) < 4.78 is 0.423. The van der Waals surface area contributed by atoms with Crippen LogP contribution in [0.2, 0.25) is 0 Å². The molecule has 0 heterocycles. The molecule has 0 aromatic rings. The lowest BCUT2D eigenvalue weighted by molar-refractivity contribution is -0.120. The molecule has 88 valence electrons. The molecule has 0 unspecified atom stereocenters. The summed E-state index contributed by atoms with van der Waals surface area (Å²) in [6.07, 6.45) is 9.72. The average molecular weight is 322 g/mol. The first-order valence-electron chi connectivity index (χ1n) is 6.34. The highest BCUT2D eigenvalue weighted by Gasteiger charge is 2.38. The van der Waals surface area contributed by atoms with Gasteiger partial charge in [0.2, 0.25) is 0 Å². The second kappa shape index (κ2) is 6.21. The smallest absolute Gasteiger partial charge is 0.198 e. The average Bonchev–Trinajstić information content (AvgIpc) is 2.27. The Kier molecular flexibility index (Phi) is 5.58. The zero-order valence-corrected chi connectivity index (χ0v) is 12.2. The van der Waals surface area contributed by atoms with E-state index >= 15 is 0 Å². The van der Waals surface area contributed by atoms with Gasteiger partial charge < -0.3 is 0 Å². The van der Waals surface area contributed by atoms with Gasteiger partial charge in [-0.05, 0) is 25.2 Å². The Labute approximate surface area is 108 Å². The summed E-state index contributed by atoms with van der Waals surface area (Å²) in [7, 11) is 0. The van der Waals surface area contributed by atoms with Crippen LogP contribution >= 0.6 is 22.6 Å². The van der Waals surface area contributed by atoms with Crippen molar-refractivity contribution in [2.24, 2.45) is 11.3 Å². The summed E-state index contributed by atoms with van der Waals surface area (Å²) >= 11 is 2.04. The van der Waals surface area contributed by atoms with Crippen LogP contribution in [0.4, 0.5) is 0 Å². The summed E-state index contributed by atoms with van der Waals surface area (Å²) in [6.45, 7) is 4.50. The molecule has 1 saturated carbocycles. The van der Waals surface area contributed by atoms with Gasteiger partial charge in [-0.15, -0.1) is 0 Å². The maximum Gasteiger partial charge on any atom is 0.198 e. The molecular formula is C13H23IO. The van der Waals surface area contributed by atoms with Crippen LogP contribution in [-0.2, 0) is 4.79 Å². The van der Waals surface area contributed by atoms with Gasteiger partial charge >= 0.3 is 0 Å². The lowest BCUT2D eigenvalue weighted by Crippen LogP contribution is -2.32. The molecule has 0 atom stereocenters. The normalized spacial score (nSPS) is 20.5. The van der Waals surface area contributed by atoms with Crippen molar-refractivity contribution in [3.05, 3.63) is 0 Å². The molecule has 1 rings (SSSR count). The van der Waals surface area contributed by atoms with Crippen LogP contribution in [0.15, 0.2) is 0 Å². The Hall–Kier alpha value is 0.400. The van der Waals surface area contributed by atoms with Gasteiger partial charge in [-0.25, -0.2) is 0 Å². The highest BCUT2D eigenvalue weighted by molar-refractivity contribution is 14.1. The number of hydrogen-bond acceptors (Lipinski definition) is 1. The van der Waals surface area contributed by atoms with E-state index in [9.17, 15) is 4.79 Å². The van der Waals surface area contributed by atoms with Crippen LogP contribution < -0.4 is 0 Å². The molecule has 1 aliphatic carbocycles. The van der Waals surface area contributed by atoms with Gasteiger partial charge in [-0.3, -0.25) is 4.79 Å². The van der Waals surface area contributed by atoms with Gasteiger partial charge in [0.1, 0.15) is 0 Å². The molecule has 0 amide bonds. The van der Waals surface area contributed by atoms with Gasteiger partial charge in [0, 0.05) is 28.0 Å². The molecule has 0 radical (unpaired) electrons. The van der Waals surface area contributed by atoms with Gasteiger partial charge in [0.15, 0.2) is 3.79 Å². The fourth-order valence-corrected chi connectivity index (χ4v) is 3.60. The quantitative estimate of drug-likeness (QED) is 0.528. The molecule has 1 aliphatic rings. The van der Waals surface area contributed by atoms with Crippen molar-refractivity contribution in [3.63, 3.8) is 0 Å². The van der Waals surface area contributed by atoms with E-state index in [0.29, 0.717) is 3.79 Å². The van der Waals surface area contributed by atoms with Crippen molar-refractivity contribution >= 4 is 26.4 Å². The first kappa shape index (κ1) is 13.5. The zero-order chi connectivity index (χ0) is 11.3. The molecule has 0 spiro atoms. The summed E-state index contributed by atoms with van der Waals surface area (Å²) in [5.41, 5.74) is 0.0511. The highest BCUT2D eigenvalue weighted by atomic mass is 127. The first-order chi connectivity index (χ1) is 7.14.